The Balaban J connectivity index is 1.97. The summed E-state index contributed by atoms with van der Waals surface area (Å²) < 4.78 is 39.2. The van der Waals surface area contributed by atoms with Gasteiger partial charge in [0.15, 0.2) is 0 Å². The molecule has 1 atom stereocenters. The van der Waals surface area contributed by atoms with Crippen LogP contribution in [0.1, 0.15) is 34.3 Å². The van der Waals surface area contributed by atoms with E-state index in [0.29, 0.717) is 17.4 Å². The highest BCUT2D eigenvalue weighted by Gasteiger charge is 2.38. The second-order valence-corrected chi connectivity index (χ2v) is 6.64. The maximum atomic E-state index is 13.1. The normalized spacial score (nSPS) is 17.4. The monoisotopic (exact) mass is 396 g/mol. The van der Waals surface area contributed by atoms with Gasteiger partial charge in [-0.1, -0.05) is 0 Å². The number of carboxylic acids is 1. The third-order valence-corrected chi connectivity index (χ3v) is 4.59. The van der Waals surface area contributed by atoms with E-state index in [2.05, 4.69) is 20.8 Å². The molecule has 1 aromatic heterocycles. The van der Waals surface area contributed by atoms with Gasteiger partial charge < -0.3 is 20.8 Å². The van der Waals surface area contributed by atoms with Gasteiger partial charge in [0.25, 0.3) is 0 Å². The van der Waals surface area contributed by atoms with Crippen LogP contribution in [0.2, 0.25) is 0 Å². The summed E-state index contributed by atoms with van der Waals surface area (Å²) in [6, 6.07) is 3.47. The van der Waals surface area contributed by atoms with Gasteiger partial charge in [-0.25, -0.2) is 4.79 Å². The standard InChI is InChI=1S/C18H19F3N4O3/c1-9-7-13(23-10-3-2-6-22-8-10)24-25-15(9)11-4-5-12(18(19,20)21)14(16(11)26)17(27)28/h4-5,7,10,22,26H,2-3,6,8H2,1H3,(H,23,24)(H,27,28)/t10-/m1/s1. The number of nitrogens with one attached hydrogen (secondary N) is 2. The molecule has 0 bridgehead atoms. The number of hydrogen-bond donors (Lipinski definition) is 4. The summed E-state index contributed by atoms with van der Waals surface area (Å²) in [5.74, 6) is -2.36. The summed E-state index contributed by atoms with van der Waals surface area (Å²) in [7, 11) is 0. The number of carbonyl (C=O) groups is 1. The van der Waals surface area contributed by atoms with Crippen LogP contribution in [-0.4, -0.2) is 45.5 Å². The predicted octanol–water partition coefficient (Wildman–Crippen LogP) is 3.04. The number of alkyl halides is 3. The number of piperidine rings is 1. The predicted molar refractivity (Wildman–Crippen MR) is 95.3 cm³/mol. The molecule has 28 heavy (non-hydrogen) atoms. The Kier molecular flexibility index (Phi) is 5.41. The van der Waals surface area contributed by atoms with Gasteiger partial charge in [0, 0.05) is 18.2 Å². The second kappa shape index (κ2) is 7.63. The molecule has 0 saturated carbocycles. The van der Waals surface area contributed by atoms with Crippen molar-refractivity contribution in [3.8, 4) is 17.0 Å². The second-order valence-electron chi connectivity index (χ2n) is 6.64. The van der Waals surface area contributed by atoms with Crippen molar-refractivity contribution in [3.63, 3.8) is 0 Å². The average Bonchev–Trinajstić information content (AvgIpc) is 2.62. The summed E-state index contributed by atoms with van der Waals surface area (Å²) in [5, 5.41) is 33.9. The molecule has 4 N–H and O–H groups in total. The first-order chi connectivity index (χ1) is 13.2. The molecule has 150 valence electrons. The van der Waals surface area contributed by atoms with Crippen molar-refractivity contribution >= 4 is 11.8 Å². The average molecular weight is 396 g/mol. The number of nitrogens with zero attached hydrogens (tertiary/aromatic N) is 2. The Morgan fingerprint density at radius 3 is 2.64 bits per heavy atom. The highest BCUT2D eigenvalue weighted by Crippen LogP contribution is 2.41. The largest absolute Gasteiger partial charge is 0.506 e. The Hall–Kier alpha value is -2.88. The van der Waals surface area contributed by atoms with Crippen LogP contribution >= 0.6 is 0 Å². The minimum Gasteiger partial charge on any atom is -0.506 e. The molecule has 1 aromatic carbocycles. The minimum absolute atomic E-state index is 0.112. The van der Waals surface area contributed by atoms with Gasteiger partial charge in [-0.3, -0.25) is 0 Å². The number of halogens is 3. The first kappa shape index (κ1) is 19.9. The van der Waals surface area contributed by atoms with Crippen molar-refractivity contribution in [1.29, 1.82) is 0 Å². The number of hydrogen-bond acceptors (Lipinski definition) is 6. The Morgan fingerprint density at radius 1 is 1.32 bits per heavy atom. The van der Waals surface area contributed by atoms with Crippen LogP contribution in [0, 0.1) is 6.92 Å². The van der Waals surface area contributed by atoms with E-state index in [1.54, 1.807) is 13.0 Å². The van der Waals surface area contributed by atoms with Crippen LogP contribution in [0.3, 0.4) is 0 Å². The van der Waals surface area contributed by atoms with Gasteiger partial charge in [0.1, 0.15) is 17.1 Å². The van der Waals surface area contributed by atoms with Crippen LogP contribution in [0.15, 0.2) is 18.2 Å². The van der Waals surface area contributed by atoms with Crippen LogP contribution in [0.25, 0.3) is 11.3 Å². The number of aromatic carboxylic acids is 1. The lowest BCUT2D eigenvalue weighted by Gasteiger charge is -2.24. The molecular weight excluding hydrogens is 377 g/mol. The molecule has 0 unspecified atom stereocenters. The zero-order valence-electron chi connectivity index (χ0n) is 15.0. The number of phenols is 1. The van der Waals surface area contributed by atoms with E-state index < -0.39 is 29.0 Å². The lowest BCUT2D eigenvalue weighted by Crippen LogP contribution is -2.38. The maximum Gasteiger partial charge on any atom is 0.417 e. The Bertz CT molecular complexity index is 896. The highest BCUT2D eigenvalue weighted by atomic mass is 19.4. The van der Waals surface area contributed by atoms with E-state index in [4.69, 9.17) is 5.11 Å². The zero-order valence-corrected chi connectivity index (χ0v) is 15.0. The van der Waals surface area contributed by atoms with Crippen LogP contribution in [-0.2, 0) is 6.18 Å². The first-order valence-electron chi connectivity index (χ1n) is 8.67. The fourth-order valence-electron chi connectivity index (χ4n) is 3.24. The number of rotatable bonds is 4. The molecular formula is C18H19F3N4O3. The SMILES string of the molecule is Cc1cc(N[C@@H]2CCCNC2)nnc1-c1ccc(C(F)(F)F)c(C(=O)O)c1O. The summed E-state index contributed by atoms with van der Waals surface area (Å²) >= 11 is 0. The molecule has 1 fully saturated rings. The van der Waals surface area contributed by atoms with Gasteiger partial charge in [-0.15, -0.1) is 10.2 Å². The van der Waals surface area contributed by atoms with Crippen LogP contribution < -0.4 is 10.6 Å². The maximum absolute atomic E-state index is 13.1. The summed E-state index contributed by atoms with van der Waals surface area (Å²) in [6.07, 6.45) is -2.91. The van der Waals surface area contributed by atoms with E-state index in [1.165, 1.54) is 0 Å². The molecule has 1 aliphatic rings. The number of aromatic hydroxyl groups is 1. The molecule has 1 saturated heterocycles. The Morgan fingerprint density at radius 2 is 2.07 bits per heavy atom. The lowest BCUT2D eigenvalue weighted by molar-refractivity contribution is -0.138. The molecule has 0 aliphatic carbocycles. The van der Waals surface area contributed by atoms with Gasteiger partial charge in [-0.05, 0) is 50.1 Å². The highest BCUT2D eigenvalue weighted by molar-refractivity contribution is 5.96. The third kappa shape index (κ3) is 4.01. The van der Waals surface area contributed by atoms with Crippen LogP contribution in [0.4, 0.5) is 19.0 Å². The van der Waals surface area contributed by atoms with E-state index in [9.17, 15) is 23.1 Å². The summed E-state index contributed by atoms with van der Waals surface area (Å²) in [5.41, 5.74) is -2.10. The van der Waals surface area contributed by atoms with Gasteiger partial charge in [-0.2, -0.15) is 13.2 Å². The molecule has 7 nitrogen and oxygen atoms in total. The fraction of sp³-hybridized carbons (Fsp3) is 0.389. The molecule has 2 heterocycles. The van der Waals surface area contributed by atoms with Gasteiger partial charge in [0.05, 0.1) is 11.3 Å². The van der Waals surface area contributed by atoms with Crippen molar-refractivity contribution < 1.29 is 28.2 Å². The van der Waals surface area contributed by atoms with E-state index in [0.717, 1.165) is 32.0 Å². The van der Waals surface area contributed by atoms with Gasteiger partial charge in [0.2, 0.25) is 0 Å². The van der Waals surface area contributed by atoms with Crippen molar-refractivity contribution in [3.05, 3.63) is 34.9 Å². The number of aromatic nitrogens is 2. The smallest absolute Gasteiger partial charge is 0.417 e. The lowest BCUT2D eigenvalue weighted by atomic mass is 9.98. The molecule has 0 radical (unpaired) electrons. The fourth-order valence-corrected chi connectivity index (χ4v) is 3.24. The number of benzene rings is 1. The topological polar surface area (TPSA) is 107 Å². The first-order valence-corrected chi connectivity index (χ1v) is 8.67. The van der Waals surface area contributed by atoms with E-state index >= 15 is 0 Å². The third-order valence-electron chi connectivity index (χ3n) is 4.59. The van der Waals surface area contributed by atoms with Crippen molar-refractivity contribution in [2.75, 3.05) is 18.4 Å². The summed E-state index contributed by atoms with van der Waals surface area (Å²) in [4.78, 5) is 11.3. The number of anilines is 1. The van der Waals surface area contributed by atoms with Gasteiger partial charge >= 0.3 is 12.1 Å². The van der Waals surface area contributed by atoms with Crippen molar-refractivity contribution in [1.82, 2.24) is 15.5 Å². The zero-order chi connectivity index (χ0) is 20.5. The van der Waals surface area contributed by atoms with Crippen molar-refractivity contribution in [2.24, 2.45) is 0 Å². The minimum atomic E-state index is -4.91. The van der Waals surface area contributed by atoms with Crippen LogP contribution in [0.5, 0.6) is 5.75 Å². The number of aryl methyl sites for hydroxylation is 1. The quantitative estimate of drug-likeness (QED) is 0.629. The molecule has 0 amide bonds. The molecule has 3 rings (SSSR count). The molecule has 10 heteroatoms. The van der Waals surface area contributed by atoms with E-state index in [-0.39, 0.29) is 17.3 Å². The summed E-state index contributed by atoms with van der Waals surface area (Å²) in [6.45, 7) is 3.40. The molecule has 2 aromatic rings. The van der Waals surface area contributed by atoms with E-state index in [1.807, 2.05) is 0 Å². The molecule has 1 aliphatic heterocycles. The Labute approximate surface area is 158 Å². The van der Waals surface area contributed by atoms with Crippen molar-refractivity contribution in [2.45, 2.75) is 32.0 Å². The molecule has 0 spiro atoms. The number of carboxylic acid groups (broad SMARTS) is 1.